The highest BCUT2D eigenvalue weighted by Gasteiger charge is 2.38. The van der Waals surface area contributed by atoms with Gasteiger partial charge in [0.05, 0.1) is 5.60 Å². The highest BCUT2D eigenvalue weighted by molar-refractivity contribution is 5.29. The summed E-state index contributed by atoms with van der Waals surface area (Å²) >= 11 is 0. The molecule has 1 aliphatic heterocycles. The van der Waals surface area contributed by atoms with Crippen LogP contribution in [0.2, 0.25) is 0 Å². The normalized spacial score (nSPS) is 22.1. The molecule has 1 aromatic rings. The summed E-state index contributed by atoms with van der Waals surface area (Å²) < 4.78 is 0. The highest BCUT2D eigenvalue weighted by Crippen LogP contribution is 2.42. The van der Waals surface area contributed by atoms with E-state index in [0.717, 1.165) is 31.4 Å². The van der Waals surface area contributed by atoms with Crippen LogP contribution in [0.4, 0.5) is 0 Å². The van der Waals surface area contributed by atoms with Crippen LogP contribution in [-0.2, 0) is 5.60 Å². The van der Waals surface area contributed by atoms with Crippen molar-refractivity contribution >= 4 is 0 Å². The van der Waals surface area contributed by atoms with E-state index in [1.807, 2.05) is 6.07 Å². The number of likely N-dealkylation sites (tertiary alicyclic amines) is 1. The lowest BCUT2D eigenvalue weighted by atomic mass is 9.73. The van der Waals surface area contributed by atoms with E-state index in [-0.39, 0.29) is 14.9 Å². The predicted molar refractivity (Wildman–Crippen MR) is 107 cm³/mol. The molecule has 1 aromatic carbocycles. The number of rotatable bonds is 5. The van der Waals surface area contributed by atoms with E-state index < -0.39 is 5.60 Å². The third-order valence-electron chi connectivity index (χ3n) is 5.78. The lowest BCUT2D eigenvalue weighted by Crippen LogP contribution is -2.38. The minimum Gasteiger partial charge on any atom is -0.385 e. The lowest BCUT2D eigenvalue weighted by molar-refractivity contribution is 0.0227. The Morgan fingerprint density at radius 3 is 1.96 bits per heavy atom. The molecule has 1 saturated carbocycles. The van der Waals surface area contributed by atoms with Crippen LogP contribution in [0.1, 0.15) is 69.8 Å². The molecule has 3 rings (SSSR count). The number of aliphatic hydroxyl groups is 1. The molecule has 25 heavy (non-hydrogen) atoms. The van der Waals surface area contributed by atoms with E-state index in [2.05, 4.69) is 29.2 Å². The molecule has 139 valence electrons. The number of hydrogen-bond acceptors (Lipinski definition) is 2. The SMILES string of the molecule is OC(CCN1CCCC1)([C]1CCCCCCC1)c1ccccc1.[CH2].[CH2]. The molecular weight excluding hydrogens is 306 g/mol. The van der Waals surface area contributed by atoms with Gasteiger partial charge in [0, 0.05) is 12.5 Å². The van der Waals surface area contributed by atoms with Crippen molar-refractivity contribution in [2.24, 2.45) is 0 Å². The third kappa shape index (κ3) is 5.82. The Hall–Kier alpha value is -0.860. The Labute approximate surface area is 156 Å². The summed E-state index contributed by atoms with van der Waals surface area (Å²) in [7, 11) is 0. The molecule has 2 aliphatic rings. The molecule has 0 bridgehead atoms. The van der Waals surface area contributed by atoms with Gasteiger partial charge >= 0.3 is 0 Å². The molecule has 1 heterocycles. The van der Waals surface area contributed by atoms with Gasteiger partial charge in [-0.2, -0.15) is 0 Å². The van der Waals surface area contributed by atoms with Crippen molar-refractivity contribution < 1.29 is 5.11 Å². The van der Waals surface area contributed by atoms with Crippen molar-refractivity contribution in [3.8, 4) is 0 Å². The summed E-state index contributed by atoms with van der Waals surface area (Å²) in [5, 5.41) is 11.7. The van der Waals surface area contributed by atoms with Gasteiger partial charge in [-0.1, -0.05) is 77.3 Å². The van der Waals surface area contributed by atoms with Gasteiger partial charge < -0.3 is 10.0 Å². The summed E-state index contributed by atoms with van der Waals surface area (Å²) in [6, 6.07) is 10.4. The maximum absolute atomic E-state index is 11.7. The van der Waals surface area contributed by atoms with E-state index in [1.165, 1.54) is 64.0 Å². The molecule has 0 amide bonds. The van der Waals surface area contributed by atoms with E-state index in [9.17, 15) is 5.11 Å². The first-order valence-electron chi connectivity index (χ1n) is 9.64. The maximum Gasteiger partial charge on any atom is 0.0971 e. The largest absolute Gasteiger partial charge is 0.385 e. The molecule has 1 saturated heterocycles. The molecule has 1 atom stereocenters. The zero-order valence-corrected chi connectivity index (χ0v) is 15.9. The standard InChI is InChI=1S/C21H32NO.2CH2/c23-21(20-13-7-4-8-14-20,15-18-22-16-9-10-17-22)19-11-5-2-1-3-6-12-19;;/h4,7-8,13-14,23H,1-3,5-6,9-12,15-18H2;2*1H2. The van der Waals surface area contributed by atoms with Crippen molar-refractivity contribution in [2.45, 2.75) is 69.8 Å². The van der Waals surface area contributed by atoms with Crippen LogP contribution in [0.15, 0.2) is 30.3 Å². The van der Waals surface area contributed by atoms with Gasteiger partial charge in [0.1, 0.15) is 0 Å². The minimum atomic E-state index is -0.721. The minimum absolute atomic E-state index is 0. The van der Waals surface area contributed by atoms with Gasteiger partial charge in [-0.25, -0.2) is 0 Å². The summed E-state index contributed by atoms with van der Waals surface area (Å²) in [5.74, 6) is 1.39. The molecular formula is C23H36NO. The first-order chi connectivity index (χ1) is 11.3. The van der Waals surface area contributed by atoms with E-state index >= 15 is 0 Å². The predicted octanol–water partition coefficient (Wildman–Crippen LogP) is 5.33. The fraction of sp³-hybridized carbons (Fsp3) is 0.609. The van der Waals surface area contributed by atoms with Crippen LogP contribution < -0.4 is 0 Å². The van der Waals surface area contributed by atoms with Crippen LogP contribution in [0.5, 0.6) is 0 Å². The monoisotopic (exact) mass is 342 g/mol. The Balaban J connectivity index is 0.00000156. The number of nitrogens with zero attached hydrogens (tertiary/aromatic N) is 1. The second-order valence-electron chi connectivity index (χ2n) is 7.40. The third-order valence-corrected chi connectivity index (χ3v) is 5.78. The van der Waals surface area contributed by atoms with Crippen molar-refractivity contribution in [1.82, 2.24) is 4.90 Å². The zero-order chi connectivity index (χ0) is 16.0. The topological polar surface area (TPSA) is 23.5 Å². The average Bonchev–Trinajstić information content (AvgIpc) is 3.07. The maximum atomic E-state index is 11.7. The van der Waals surface area contributed by atoms with Crippen LogP contribution in [-0.4, -0.2) is 29.6 Å². The fourth-order valence-electron chi connectivity index (χ4n) is 4.31. The van der Waals surface area contributed by atoms with Gasteiger partial charge in [-0.15, -0.1) is 0 Å². The molecule has 1 aliphatic carbocycles. The van der Waals surface area contributed by atoms with Gasteiger partial charge in [-0.05, 0) is 50.8 Å². The number of benzene rings is 1. The van der Waals surface area contributed by atoms with Crippen molar-refractivity contribution in [3.63, 3.8) is 0 Å². The summed E-state index contributed by atoms with van der Waals surface area (Å²) in [4.78, 5) is 2.53. The highest BCUT2D eigenvalue weighted by atomic mass is 16.3. The Morgan fingerprint density at radius 2 is 1.36 bits per heavy atom. The van der Waals surface area contributed by atoms with Gasteiger partial charge in [0.25, 0.3) is 0 Å². The Bertz CT molecular complexity index is 446. The number of hydrogen-bond donors (Lipinski definition) is 1. The summed E-state index contributed by atoms with van der Waals surface area (Å²) in [6.45, 7) is 3.44. The van der Waals surface area contributed by atoms with Crippen LogP contribution >= 0.6 is 0 Å². The Morgan fingerprint density at radius 1 is 0.800 bits per heavy atom. The molecule has 1 N–H and O–H groups in total. The average molecular weight is 343 g/mol. The molecule has 0 spiro atoms. The lowest BCUT2D eigenvalue weighted by Gasteiger charge is -2.38. The van der Waals surface area contributed by atoms with Crippen molar-refractivity contribution in [2.75, 3.05) is 19.6 Å². The first-order valence-corrected chi connectivity index (χ1v) is 9.64. The molecule has 5 radical (unpaired) electrons. The van der Waals surface area contributed by atoms with Gasteiger partial charge in [0.2, 0.25) is 0 Å². The second kappa shape index (κ2) is 11.0. The van der Waals surface area contributed by atoms with E-state index in [4.69, 9.17) is 0 Å². The molecule has 2 heteroatoms. The fourth-order valence-corrected chi connectivity index (χ4v) is 4.31. The van der Waals surface area contributed by atoms with Crippen molar-refractivity contribution in [3.05, 3.63) is 56.7 Å². The molecule has 2 fully saturated rings. The van der Waals surface area contributed by atoms with Crippen LogP contribution in [0, 0.1) is 20.8 Å². The summed E-state index contributed by atoms with van der Waals surface area (Å²) in [5.41, 5.74) is 0.385. The second-order valence-corrected chi connectivity index (χ2v) is 7.40. The first kappa shape index (κ1) is 22.2. The Kier molecular flexibility index (Phi) is 9.74. The van der Waals surface area contributed by atoms with Gasteiger partial charge in [0.15, 0.2) is 0 Å². The van der Waals surface area contributed by atoms with E-state index in [0.29, 0.717) is 0 Å². The molecule has 1 unspecified atom stereocenters. The molecule has 2 nitrogen and oxygen atoms in total. The van der Waals surface area contributed by atoms with Gasteiger partial charge in [-0.3, -0.25) is 0 Å². The van der Waals surface area contributed by atoms with Crippen molar-refractivity contribution in [1.29, 1.82) is 0 Å². The molecule has 0 aromatic heterocycles. The van der Waals surface area contributed by atoms with E-state index in [1.54, 1.807) is 0 Å². The zero-order valence-electron chi connectivity index (χ0n) is 15.9. The smallest absolute Gasteiger partial charge is 0.0971 e. The van der Waals surface area contributed by atoms with Crippen LogP contribution in [0.3, 0.4) is 0 Å². The van der Waals surface area contributed by atoms with Crippen LogP contribution in [0.25, 0.3) is 0 Å². The summed E-state index contributed by atoms with van der Waals surface area (Å²) in [6.07, 6.45) is 12.2. The quantitative estimate of drug-likeness (QED) is 0.781.